The smallest absolute Gasteiger partial charge is 0.337 e. The molecule has 0 spiro atoms. The molecule has 0 unspecified atom stereocenters. The molecule has 2 aromatic rings. The van der Waals surface area contributed by atoms with Crippen LogP contribution in [0.15, 0.2) is 24.5 Å². The van der Waals surface area contributed by atoms with Gasteiger partial charge < -0.3 is 10.4 Å². The summed E-state index contributed by atoms with van der Waals surface area (Å²) in [5.41, 5.74) is -0.820. The highest BCUT2D eigenvalue weighted by Gasteiger charge is 2.18. The van der Waals surface area contributed by atoms with E-state index < -0.39 is 16.8 Å². The van der Waals surface area contributed by atoms with Gasteiger partial charge in [0, 0.05) is 12.1 Å². The van der Waals surface area contributed by atoms with E-state index in [1.807, 2.05) is 0 Å². The fraction of sp³-hybridized carbons (Fsp3) is 0. The number of nitrogens with zero attached hydrogens (tertiary/aromatic N) is 3. The first-order valence-corrected chi connectivity index (χ1v) is 5.17. The molecule has 0 fully saturated rings. The van der Waals surface area contributed by atoms with Crippen molar-refractivity contribution in [1.29, 1.82) is 0 Å². The van der Waals surface area contributed by atoms with Gasteiger partial charge in [0.05, 0.1) is 16.2 Å². The molecule has 1 aromatic carbocycles. The second kappa shape index (κ2) is 5.14. The van der Waals surface area contributed by atoms with Crippen LogP contribution in [-0.2, 0) is 0 Å². The van der Waals surface area contributed by atoms with Crippen LogP contribution in [0.25, 0.3) is 0 Å². The van der Waals surface area contributed by atoms with Crippen LogP contribution in [0.1, 0.15) is 21.0 Å². The normalized spacial score (nSPS) is 10.0. The van der Waals surface area contributed by atoms with Gasteiger partial charge in [0.25, 0.3) is 11.6 Å². The predicted octanol–water partition coefficient (Wildman–Crippen LogP) is 0.663. The van der Waals surface area contributed by atoms with Crippen molar-refractivity contribution in [3.63, 3.8) is 0 Å². The molecule has 0 atom stereocenters. The Kier molecular flexibility index (Phi) is 3.37. The van der Waals surface area contributed by atoms with E-state index in [2.05, 4.69) is 20.5 Å². The number of nitro groups is 1. The fourth-order valence-corrected chi connectivity index (χ4v) is 1.43. The Morgan fingerprint density at radius 2 is 2.15 bits per heavy atom. The van der Waals surface area contributed by atoms with Crippen LogP contribution in [-0.4, -0.2) is 37.1 Å². The van der Waals surface area contributed by atoms with E-state index in [0.717, 1.165) is 24.5 Å². The molecule has 0 aliphatic heterocycles. The minimum Gasteiger partial charge on any atom is -0.478 e. The summed E-state index contributed by atoms with van der Waals surface area (Å²) in [6, 6.07) is 3.03. The Morgan fingerprint density at radius 1 is 1.40 bits per heavy atom. The zero-order chi connectivity index (χ0) is 14.7. The number of nitrogens with one attached hydrogen (secondary N) is 2. The van der Waals surface area contributed by atoms with Crippen molar-refractivity contribution in [2.75, 3.05) is 5.32 Å². The summed E-state index contributed by atoms with van der Waals surface area (Å²) >= 11 is 0. The van der Waals surface area contributed by atoms with E-state index in [9.17, 15) is 19.7 Å². The SMILES string of the molecule is O=C(Nc1cc([N+](=O)[O-])ccc1C(=O)O)c1ncn[nH]1. The van der Waals surface area contributed by atoms with E-state index in [1.54, 1.807) is 0 Å². The monoisotopic (exact) mass is 277 g/mol. The number of benzene rings is 1. The average molecular weight is 277 g/mol. The number of anilines is 1. The number of carboxylic acid groups (broad SMARTS) is 1. The zero-order valence-corrected chi connectivity index (χ0v) is 9.73. The molecular weight excluding hydrogens is 270 g/mol. The quantitative estimate of drug-likeness (QED) is 0.548. The first-order chi connectivity index (χ1) is 9.49. The number of hydrogen-bond acceptors (Lipinski definition) is 6. The molecule has 2 rings (SSSR count). The number of aromatic amines is 1. The van der Waals surface area contributed by atoms with Gasteiger partial charge in [-0.05, 0) is 6.07 Å². The van der Waals surface area contributed by atoms with E-state index in [1.165, 1.54) is 0 Å². The number of aromatic nitrogens is 3. The molecule has 20 heavy (non-hydrogen) atoms. The third kappa shape index (κ3) is 2.58. The van der Waals surface area contributed by atoms with Gasteiger partial charge in [-0.25, -0.2) is 9.78 Å². The van der Waals surface area contributed by atoms with Crippen molar-refractivity contribution in [2.45, 2.75) is 0 Å². The van der Waals surface area contributed by atoms with Crippen molar-refractivity contribution >= 4 is 23.3 Å². The maximum absolute atomic E-state index is 11.7. The molecule has 10 nitrogen and oxygen atoms in total. The number of aromatic carboxylic acids is 1. The number of nitro benzene ring substituents is 1. The lowest BCUT2D eigenvalue weighted by molar-refractivity contribution is -0.384. The van der Waals surface area contributed by atoms with Crippen molar-refractivity contribution < 1.29 is 19.6 Å². The van der Waals surface area contributed by atoms with Gasteiger partial charge in [-0.1, -0.05) is 0 Å². The molecular formula is C10H7N5O5. The number of carboxylic acids is 1. The second-order valence-corrected chi connectivity index (χ2v) is 3.58. The topological polar surface area (TPSA) is 151 Å². The van der Waals surface area contributed by atoms with Crippen LogP contribution in [0.5, 0.6) is 0 Å². The zero-order valence-electron chi connectivity index (χ0n) is 9.73. The first kappa shape index (κ1) is 13.1. The lowest BCUT2D eigenvalue weighted by atomic mass is 10.1. The molecule has 0 aliphatic rings. The van der Waals surface area contributed by atoms with E-state index in [4.69, 9.17) is 5.11 Å². The molecule has 0 radical (unpaired) electrons. The van der Waals surface area contributed by atoms with E-state index >= 15 is 0 Å². The van der Waals surface area contributed by atoms with Crippen molar-refractivity contribution in [1.82, 2.24) is 15.2 Å². The summed E-state index contributed by atoms with van der Waals surface area (Å²) in [7, 11) is 0. The molecule has 10 heteroatoms. The fourth-order valence-electron chi connectivity index (χ4n) is 1.43. The largest absolute Gasteiger partial charge is 0.478 e. The van der Waals surface area contributed by atoms with Gasteiger partial charge in [-0.15, -0.1) is 0 Å². The summed E-state index contributed by atoms with van der Waals surface area (Å²) < 4.78 is 0. The summed E-state index contributed by atoms with van der Waals surface area (Å²) in [5, 5.41) is 27.6. The second-order valence-electron chi connectivity index (χ2n) is 3.58. The van der Waals surface area contributed by atoms with Crippen LogP contribution >= 0.6 is 0 Å². The highest BCUT2D eigenvalue weighted by atomic mass is 16.6. The first-order valence-electron chi connectivity index (χ1n) is 5.17. The van der Waals surface area contributed by atoms with Crippen LogP contribution in [0.3, 0.4) is 0 Å². The molecule has 3 N–H and O–H groups in total. The van der Waals surface area contributed by atoms with Gasteiger partial charge in [-0.3, -0.25) is 20.0 Å². The number of non-ortho nitro benzene ring substituents is 1. The maximum Gasteiger partial charge on any atom is 0.337 e. The number of amides is 1. The lowest BCUT2D eigenvalue weighted by Crippen LogP contribution is -2.16. The number of carbonyl (C=O) groups is 2. The van der Waals surface area contributed by atoms with Gasteiger partial charge >= 0.3 is 5.97 Å². The maximum atomic E-state index is 11.7. The summed E-state index contributed by atoms with van der Waals surface area (Å²) in [5.74, 6) is -2.23. The molecule has 0 aliphatic carbocycles. The highest BCUT2D eigenvalue weighted by molar-refractivity contribution is 6.06. The average Bonchev–Trinajstić information content (AvgIpc) is 2.92. The van der Waals surface area contributed by atoms with E-state index in [-0.39, 0.29) is 22.8 Å². The summed E-state index contributed by atoms with van der Waals surface area (Å²) in [4.78, 5) is 36.3. The molecule has 1 heterocycles. The van der Waals surface area contributed by atoms with Gasteiger partial charge in [0.15, 0.2) is 0 Å². The van der Waals surface area contributed by atoms with Crippen LogP contribution in [0.4, 0.5) is 11.4 Å². The molecule has 0 bridgehead atoms. The summed E-state index contributed by atoms with van der Waals surface area (Å²) in [6.45, 7) is 0. The Hall–Kier alpha value is -3.30. The number of rotatable bonds is 4. The van der Waals surface area contributed by atoms with Crippen molar-refractivity contribution in [2.24, 2.45) is 0 Å². The van der Waals surface area contributed by atoms with Gasteiger partial charge in [-0.2, -0.15) is 5.10 Å². The Bertz CT molecular complexity index is 681. The van der Waals surface area contributed by atoms with Crippen LogP contribution in [0.2, 0.25) is 0 Å². The third-order valence-corrected chi connectivity index (χ3v) is 2.32. The number of carbonyl (C=O) groups excluding carboxylic acids is 1. The van der Waals surface area contributed by atoms with Crippen LogP contribution < -0.4 is 5.32 Å². The van der Waals surface area contributed by atoms with Gasteiger partial charge in [0.2, 0.25) is 5.82 Å². The highest BCUT2D eigenvalue weighted by Crippen LogP contribution is 2.23. The summed E-state index contributed by atoms with van der Waals surface area (Å²) in [6.07, 6.45) is 1.10. The molecule has 1 aromatic heterocycles. The molecule has 0 saturated heterocycles. The van der Waals surface area contributed by atoms with E-state index in [0.29, 0.717) is 0 Å². The Morgan fingerprint density at radius 3 is 2.70 bits per heavy atom. The van der Waals surface area contributed by atoms with Crippen molar-refractivity contribution in [3.8, 4) is 0 Å². The molecule has 102 valence electrons. The lowest BCUT2D eigenvalue weighted by Gasteiger charge is -2.06. The standard InChI is InChI=1S/C10H7N5O5/c16-9(8-11-4-12-14-8)13-7-3-5(15(19)20)1-2-6(7)10(17)18/h1-4H,(H,13,16)(H,17,18)(H,11,12,14). The van der Waals surface area contributed by atoms with Crippen molar-refractivity contribution in [3.05, 3.63) is 46.0 Å². The minimum atomic E-state index is -1.33. The van der Waals surface area contributed by atoms with Gasteiger partial charge in [0.1, 0.15) is 6.33 Å². The predicted molar refractivity (Wildman–Crippen MR) is 64.4 cm³/mol. The Balaban J connectivity index is 2.37. The van der Waals surface area contributed by atoms with Crippen LogP contribution in [0, 0.1) is 10.1 Å². The minimum absolute atomic E-state index is 0.146. The Labute approximate surface area is 110 Å². The number of H-pyrrole nitrogens is 1. The number of hydrogen-bond donors (Lipinski definition) is 3. The molecule has 0 saturated carbocycles. The third-order valence-electron chi connectivity index (χ3n) is 2.32. The molecule has 1 amide bonds.